The number of aryl methyl sites for hydroxylation is 1. The van der Waals surface area contributed by atoms with E-state index in [1.54, 1.807) is 21.8 Å². The van der Waals surface area contributed by atoms with Gasteiger partial charge in [-0.15, -0.1) is 12.4 Å². The van der Waals surface area contributed by atoms with Crippen molar-refractivity contribution in [2.24, 2.45) is 0 Å². The van der Waals surface area contributed by atoms with Gasteiger partial charge in [-0.3, -0.25) is 0 Å². The van der Waals surface area contributed by atoms with E-state index in [-0.39, 0.29) is 12.4 Å². The SMILES string of the molecule is Cc1cc(Cl)cc2c1NSS2.Cl. The molecule has 1 aliphatic rings. The number of nitrogens with one attached hydrogen (secondary N) is 1. The fraction of sp³-hybridized carbons (Fsp3) is 0.143. The lowest BCUT2D eigenvalue weighted by molar-refractivity contribution is 1.38. The summed E-state index contributed by atoms with van der Waals surface area (Å²) in [5.41, 5.74) is 2.43. The van der Waals surface area contributed by atoms with Crippen molar-refractivity contribution in [2.75, 3.05) is 4.72 Å². The molecule has 12 heavy (non-hydrogen) atoms. The second-order valence-electron chi connectivity index (χ2n) is 2.36. The van der Waals surface area contributed by atoms with E-state index < -0.39 is 0 Å². The molecule has 0 saturated heterocycles. The van der Waals surface area contributed by atoms with Crippen molar-refractivity contribution in [3.05, 3.63) is 22.7 Å². The standard InChI is InChI=1S/C7H6ClNS2.ClH/c1-4-2-5(8)3-6-7(4)9-11-10-6;/h2-3,9H,1H3;1H. The molecule has 1 aromatic carbocycles. The lowest BCUT2D eigenvalue weighted by Crippen LogP contribution is -1.83. The number of anilines is 1. The van der Waals surface area contributed by atoms with Crippen LogP contribution in [0.25, 0.3) is 0 Å². The number of hydrogen-bond acceptors (Lipinski definition) is 3. The van der Waals surface area contributed by atoms with Crippen molar-refractivity contribution < 1.29 is 0 Å². The molecular weight excluding hydrogens is 233 g/mol. The Kier molecular flexibility index (Phi) is 3.47. The van der Waals surface area contributed by atoms with Gasteiger partial charge >= 0.3 is 0 Å². The molecule has 1 heterocycles. The highest BCUT2D eigenvalue weighted by Gasteiger charge is 2.14. The monoisotopic (exact) mass is 239 g/mol. The summed E-state index contributed by atoms with van der Waals surface area (Å²) in [6.07, 6.45) is 0. The van der Waals surface area contributed by atoms with Crippen LogP contribution in [0.1, 0.15) is 5.56 Å². The Hall–Kier alpha value is 0.300. The van der Waals surface area contributed by atoms with Crippen molar-refractivity contribution in [2.45, 2.75) is 11.8 Å². The van der Waals surface area contributed by atoms with Gasteiger partial charge in [-0.1, -0.05) is 11.6 Å². The van der Waals surface area contributed by atoms with Crippen LogP contribution in [0.2, 0.25) is 5.02 Å². The lowest BCUT2D eigenvalue weighted by Gasteiger charge is -2.01. The number of fused-ring (bicyclic) bond motifs is 1. The molecule has 1 aromatic rings. The zero-order chi connectivity index (χ0) is 7.84. The third kappa shape index (κ3) is 1.79. The molecule has 1 N–H and O–H groups in total. The van der Waals surface area contributed by atoms with Gasteiger partial charge < -0.3 is 4.72 Å². The molecule has 0 saturated carbocycles. The minimum atomic E-state index is 0. The summed E-state index contributed by atoms with van der Waals surface area (Å²) in [4.78, 5) is 1.24. The molecule has 0 fully saturated rings. The largest absolute Gasteiger partial charge is 0.319 e. The number of halogens is 2. The average Bonchev–Trinajstić information content (AvgIpc) is 2.34. The highest BCUT2D eigenvalue weighted by molar-refractivity contribution is 8.77. The fourth-order valence-electron chi connectivity index (χ4n) is 1.02. The van der Waals surface area contributed by atoms with E-state index in [9.17, 15) is 0 Å². The van der Waals surface area contributed by atoms with E-state index in [1.165, 1.54) is 16.1 Å². The minimum absolute atomic E-state index is 0. The normalized spacial score (nSPS) is 13.2. The van der Waals surface area contributed by atoms with Crippen LogP contribution in [0.5, 0.6) is 0 Å². The van der Waals surface area contributed by atoms with Gasteiger partial charge in [0.25, 0.3) is 0 Å². The predicted octanol–water partition coefficient (Wildman–Crippen LogP) is 4.15. The van der Waals surface area contributed by atoms with Gasteiger partial charge in [-0.25, -0.2) is 0 Å². The van der Waals surface area contributed by atoms with Gasteiger partial charge in [-0.2, -0.15) is 0 Å². The molecule has 5 heteroatoms. The Bertz CT molecular complexity index is 304. The zero-order valence-electron chi connectivity index (χ0n) is 6.26. The Balaban J connectivity index is 0.000000720. The average molecular weight is 240 g/mol. The predicted molar refractivity (Wildman–Crippen MR) is 60.5 cm³/mol. The summed E-state index contributed by atoms with van der Waals surface area (Å²) >= 11 is 5.88. The highest BCUT2D eigenvalue weighted by atomic mass is 35.5. The van der Waals surface area contributed by atoms with Gasteiger partial charge in [0, 0.05) is 20.9 Å². The Labute approximate surface area is 90.6 Å². The minimum Gasteiger partial charge on any atom is -0.319 e. The van der Waals surface area contributed by atoms with Gasteiger partial charge in [0.05, 0.1) is 5.69 Å². The molecule has 2 rings (SSSR count). The number of benzene rings is 1. The van der Waals surface area contributed by atoms with Crippen LogP contribution in [-0.4, -0.2) is 0 Å². The van der Waals surface area contributed by atoms with E-state index in [0.717, 1.165) is 5.02 Å². The zero-order valence-corrected chi connectivity index (χ0v) is 9.46. The van der Waals surface area contributed by atoms with Gasteiger partial charge in [-0.05, 0) is 35.4 Å². The van der Waals surface area contributed by atoms with Crippen molar-refractivity contribution >= 4 is 51.5 Å². The van der Waals surface area contributed by atoms with E-state index >= 15 is 0 Å². The first-order valence-electron chi connectivity index (χ1n) is 3.17. The van der Waals surface area contributed by atoms with Crippen molar-refractivity contribution in [1.29, 1.82) is 0 Å². The second kappa shape index (κ2) is 4.01. The summed E-state index contributed by atoms with van der Waals surface area (Å²) in [6.45, 7) is 2.06. The van der Waals surface area contributed by atoms with Crippen molar-refractivity contribution in [3.63, 3.8) is 0 Å². The van der Waals surface area contributed by atoms with E-state index in [2.05, 4.69) is 11.6 Å². The summed E-state index contributed by atoms with van der Waals surface area (Å²) < 4.78 is 3.22. The van der Waals surface area contributed by atoms with Gasteiger partial charge in [0.2, 0.25) is 0 Å². The van der Waals surface area contributed by atoms with Crippen LogP contribution in [0.4, 0.5) is 5.69 Å². The van der Waals surface area contributed by atoms with Crippen molar-refractivity contribution in [1.82, 2.24) is 0 Å². The Morgan fingerprint density at radius 2 is 2.17 bits per heavy atom. The van der Waals surface area contributed by atoms with Crippen molar-refractivity contribution in [3.8, 4) is 0 Å². The third-order valence-corrected chi connectivity index (χ3v) is 3.67. The summed E-state index contributed by atoms with van der Waals surface area (Å²) in [5.74, 6) is 0. The van der Waals surface area contributed by atoms with Gasteiger partial charge in [0.1, 0.15) is 0 Å². The molecule has 0 aliphatic carbocycles. The fourth-order valence-corrected chi connectivity index (χ4v) is 3.41. The van der Waals surface area contributed by atoms with Gasteiger partial charge in [0.15, 0.2) is 0 Å². The molecule has 0 aromatic heterocycles. The summed E-state index contributed by atoms with van der Waals surface area (Å²) in [5, 5.41) is 0.818. The highest BCUT2D eigenvalue weighted by Crippen LogP contribution is 2.46. The smallest absolute Gasteiger partial charge is 0.0624 e. The van der Waals surface area contributed by atoms with Crippen LogP contribution >= 0.6 is 45.8 Å². The first-order chi connectivity index (χ1) is 5.27. The first-order valence-corrected chi connectivity index (χ1v) is 5.70. The molecule has 1 nitrogen and oxygen atoms in total. The molecule has 0 atom stereocenters. The summed E-state index contributed by atoms with van der Waals surface area (Å²) in [6, 6.07) is 3.96. The maximum Gasteiger partial charge on any atom is 0.0624 e. The van der Waals surface area contributed by atoms with Crippen LogP contribution in [0.15, 0.2) is 17.0 Å². The molecule has 0 radical (unpaired) electrons. The quantitative estimate of drug-likeness (QED) is 0.540. The van der Waals surface area contributed by atoms with E-state index in [1.807, 2.05) is 12.1 Å². The van der Waals surface area contributed by atoms with Crippen LogP contribution in [0.3, 0.4) is 0 Å². The number of hydrogen-bond donors (Lipinski definition) is 1. The third-order valence-electron chi connectivity index (χ3n) is 1.54. The van der Waals surface area contributed by atoms with Crippen LogP contribution in [0, 0.1) is 6.92 Å². The second-order valence-corrected chi connectivity index (χ2v) is 4.78. The maximum absolute atomic E-state index is 5.88. The molecule has 0 bridgehead atoms. The molecule has 66 valence electrons. The molecular formula is C7H7Cl2NS2. The van der Waals surface area contributed by atoms with E-state index in [4.69, 9.17) is 11.6 Å². The lowest BCUT2D eigenvalue weighted by atomic mass is 10.2. The first kappa shape index (κ1) is 10.4. The number of rotatable bonds is 0. The van der Waals surface area contributed by atoms with Crippen LogP contribution in [-0.2, 0) is 0 Å². The Morgan fingerprint density at radius 1 is 1.42 bits per heavy atom. The molecule has 0 amide bonds. The molecule has 1 aliphatic heterocycles. The maximum atomic E-state index is 5.88. The van der Waals surface area contributed by atoms with Crippen LogP contribution < -0.4 is 4.72 Å². The molecule has 0 unspecified atom stereocenters. The Morgan fingerprint density at radius 3 is 2.92 bits per heavy atom. The van der Waals surface area contributed by atoms with E-state index in [0.29, 0.717) is 0 Å². The summed E-state index contributed by atoms with van der Waals surface area (Å²) in [7, 11) is 3.35. The topological polar surface area (TPSA) is 12.0 Å². The molecule has 0 spiro atoms.